The van der Waals surface area contributed by atoms with E-state index in [4.69, 9.17) is 14.5 Å². The predicted molar refractivity (Wildman–Crippen MR) is 127 cm³/mol. The van der Waals surface area contributed by atoms with Gasteiger partial charge in [-0.05, 0) is 25.0 Å². The molecule has 3 aromatic heterocycles. The average molecular weight is 467 g/mol. The number of methoxy groups -OCH3 is 1. The molecule has 0 aliphatic heterocycles. The summed E-state index contributed by atoms with van der Waals surface area (Å²) in [6, 6.07) is 6.19. The number of aryl methyl sites for hydroxylation is 1. The molecule has 0 atom stereocenters. The number of fused-ring (bicyclic) bond motifs is 1. The molecule has 0 radical (unpaired) electrons. The Hall–Kier alpha value is -3.47. The van der Waals surface area contributed by atoms with Gasteiger partial charge in [-0.2, -0.15) is 0 Å². The Balaban J connectivity index is 1.29. The number of hydrogen-bond donors (Lipinski definition) is 2. The minimum absolute atomic E-state index is 0.290. The number of benzene rings is 1. The second-order valence-electron chi connectivity index (χ2n) is 8.03. The standard InChI is InChI=1S/C22H26N8O2S/c1-30-12-19(28-29-30)26-21-23-9-8-15(24-21)13-32-16-10-17(31-2)20-18(11-16)33-22(27-20)25-14-6-4-3-5-7-14/h8-12,14H,3-7,13H2,1-2H3,(H,25,27)(H,23,24,26). The maximum Gasteiger partial charge on any atom is 0.228 e. The van der Waals surface area contributed by atoms with Crippen molar-refractivity contribution in [1.82, 2.24) is 29.9 Å². The number of thiazole rings is 1. The van der Waals surface area contributed by atoms with Crippen molar-refractivity contribution in [3.63, 3.8) is 0 Å². The number of rotatable bonds is 8. The monoisotopic (exact) mass is 466 g/mol. The van der Waals surface area contributed by atoms with Gasteiger partial charge in [-0.3, -0.25) is 4.68 Å². The Morgan fingerprint density at radius 3 is 2.85 bits per heavy atom. The second-order valence-corrected chi connectivity index (χ2v) is 9.06. The van der Waals surface area contributed by atoms with E-state index in [1.165, 1.54) is 32.1 Å². The van der Waals surface area contributed by atoms with Crippen molar-refractivity contribution in [3.8, 4) is 11.5 Å². The van der Waals surface area contributed by atoms with Crippen molar-refractivity contribution in [2.24, 2.45) is 7.05 Å². The molecular formula is C22H26N8O2S. The van der Waals surface area contributed by atoms with E-state index >= 15 is 0 Å². The van der Waals surface area contributed by atoms with Crippen LogP contribution in [-0.2, 0) is 13.7 Å². The minimum Gasteiger partial charge on any atom is -0.494 e. The van der Waals surface area contributed by atoms with Gasteiger partial charge in [-0.15, -0.1) is 5.10 Å². The van der Waals surface area contributed by atoms with E-state index in [1.54, 1.807) is 42.6 Å². The fourth-order valence-electron chi connectivity index (χ4n) is 3.91. The van der Waals surface area contributed by atoms with Crippen molar-refractivity contribution < 1.29 is 9.47 Å². The van der Waals surface area contributed by atoms with E-state index in [-0.39, 0.29) is 6.61 Å². The van der Waals surface area contributed by atoms with E-state index in [0.717, 1.165) is 21.0 Å². The lowest BCUT2D eigenvalue weighted by atomic mass is 9.96. The zero-order valence-electron chi connectivity index (χ0n) is 18.6. The minimum atomic E-state index is 0.290. The lowest BCUT2D eigenvalue weighted by Gasteiger charge is -2.22. The first-order valence-corrected chi connectivity index (χ1v) is 11.8. The van der Waals surface area contributed by atoms with Crippen molar-refractivity contribution in [2.75, 3.05) is 17.7 Å². The van der Waals surface area contributed by atoms with Gasteiger partial charge in [0.25, 0.3) is 0 Å². The lowest BCUT2D eigenvalue weighted by molar-refractivity contribution is 0.299. The van der Waals surface area contributed by atoms with E-state index < -0.39 is 0 Å². The summed E-state index contributed by atoms with van der Waals surface area (Å²) in [5.41, 5.74) is 1.59. The van der Waals surface area contributed by atoms with Gasteiger partial charge in [0.15, 0.2) is 10.9 Å². The van der Waals surface area contributed by atoms with Gasteiger partial charge in [-0.1, -0.05) is 35.8 Å². The molecule has 4 aromatic rings. The van der Waals surface area contributed by atoms with Crippen molar-refractivity contribution in [3.05, 3.63) is 36.3 Å². The number of aromatic nitrogens is 6. The largest absolute Gasteiger partial charge is 0.494 e. The van der Waals surface area contributed by atoms with Gasteiger partial charge in [0.2, 0.25) is 5.95 Å². The molecule has 5 rings (SSSR count). The number of nitrogens with one attached hydrogen (secondary N) is 2. The molecule has 0 amide bonds. The van der Waals surface area contributed by atoms with Crippen LogP contribution >= 0.6 is 11.3 Å². The summed E-state index contributed by atoms with van der Waals surface area (Å²) in [4.78, 5) is 13.5. The van der Waals surface area contributed by atoms with E-state index in [1.807, 2.05) is 18.2 Å². The highest BCUT2D eigenvalue weighted by atomic mass is 32.1. The van der Waals surface area contributed by atoms with Crippen LogP contribution in [0.4, 0.5) is 16.9 Å². The maximum atomic E-state index is 6.04. The molecule has 1 fully saturated rings. The summed E-state index contributed by atoms with van der Waals surface area (Å²) in [6.07, 6.45) is 9.73. The van der Waals surface area contributed by atoms with E-state index in [9.17, 15) is 0 Å². The third-order valence-electron chi connectivity index (χ3n) is 5.53. The molecule has 1 aliphatic rings. The lowest BCUT2D eigenvalue weighted by Crippen LogP contribution is -2.21. The summed E-state index contributed by atoms with van der Waals surface area (Å²) in [5.74, 6) is 2.41. The average Bonchev–Trinajstić information content (AvgIpc) is 3.43. The Bertz CT molecular complexity index is 1230. The van der Waals surface area contributed by atoms with Crippen LogP contribution in [0.15, 0.2) is 30.6 Å². The number of nitrogens with zero attached hydrogens (tertiary/aromatic N) is 6. The Labute approximate surface area is 195 Å². The zero-order chi connectivity index (χ0) is 22.6. The smallest absolute Gasteiger partial charge is 0.228 e. The van der Waals surface area contributed by atoms with Crippen LogP contribution in [-0.4, -0.2) is 43.1 Å². The molecule has 33 heavy (non-hydrogen) atoms. The molecule has 10 nitrogen and oxygen atoms in total. The summed E-state index contributed by atoms with van der Waals surface area (Å²) >= 11 is 1.63. The van der Waals surface area contributed by atoms with Crippen molar-refractivity contribution in [1.29, 1.82) is 0 Å². The second kappa shape index (κ2) is 9.57. The first kappa shape index (κ1) is 21.4. The van der Waals surface area contributed by atoms with Gasteiger partial charge >= 0.3 is 0 Å². The number of hydrogen-bond acceptors (Lipinski definition) is 10. The zero-order valence-corrected chi connectivity index (χ0v) is 19.4. The molecular weight excluding hydrogens is 440 g/mol. The van der Waals surface area contributed by atoms with Crippen LogP contribution in [0.3, 0.4) is 0 Å². The van der Waals surface area contributed by atoms with Crippen LogP contribution in [0.5, 0.6) is 11.5 Å². The fourth-order valence-corrected chi connectivity index (χ4v) is 4.90. The maximum absolute atomic E-state index is 6.04. The highest BCUT2D eigenvalue weighted by molar-refractivity contribution is 7.22. The van der Waals surface area contributed by atoms with E-state index in [0.29, 0.717) is 29.3 Å². The van der Waals surface area contributed by atoms with Crippen LogP contribution in [0, 0.1) is 0 Å². The van der Waals surface area contributed by atoms with Crippen LogP contribution in [0.1, 0.15) is 37.8 Å². The van der Waals surface area contributed by atoms with Gasteiger partial charge in [0, 0.05) is 25.4 Å². The molecule has 0 spiro atoms. The quantitative estimate of drug-likeness (QED) is 0.393. The summed E-state index contributed by atoms with van der Waals surface area (Å²) in [7, 11) is 3.45. The Kier molecular flexibility index (Phi) is 6.20. The highest BCUT2D eigenvalue weighted by Gasteiger charge is 2.17. The number of anilines is 3. The van der Waals surface area contributed by atoms with Crippen molar-refractivity contribution >= 4 is 38.5 Å². The topological polar surface area (TPSA) is 112 Å². The third kappa shape index (κ3) is 5.14. The predicted octanol–water partition coefficient (Wildman–Crippen LogP) is 4.29. The molecule has 0 bridgehead atoms. The molecule has 172 valence electrons. The molecule has 0 unspecified atom stereocenters. The van der Waals surface area contributed by atoms with Gasteiger partial charge in [0.1, 0.15) is 23.6 Å². The summed E-state index contributed by atoms with van der Waals surface area (Å²) < 4.78 is 14.3. The van der Waals surface area contributed by atoms with Crippen LogP contribution < -0.4 is 20.1 Å². The molecule has 11 heteroatoms. The summed E-state index contributed by atoms with van der Waals surface area (Å²) in [5, 5.41) is 15.4. The first-order chi connectivity index (χ1) is 16.2. The third-order valence-corrected chi connectivity index (χ3v) is 6.46. The normalized spacial score (nSPS) is 14.4. The van der Waals surface area contributed by atoms with Gasteiger partial charge < -0.3 is 20.1 Å². The fraction of sp³-hybridized carbons (Fsp3) is 0.409. The molecule has 1 aromatic carbocycles. The number of ether oxygens (including phenoxy) is 2. The molecule has 1 aliphatic carbocycles. The highest BCUT2D eigenvalue weighted by Crippen LogP contribution is 2.37. The molecule has 0 saturated heterocycles. The molecule has 3 heterocycles. The summed E-state index contributed by atoms with van der Waals surface area (Å²) in [6.45, 7) is 0.290. The SMILES string of the molecule is COc1cc(OCc2ccnc(Nc3cn(C)nn3)n2)cc2sc(NC3CCCCC3)nc12. The van der Waals surface area contributed by atoms with Crippen LogP contribution in [0.25, 0.3) is 10.2 Å². The first-order valence-electron chi connectivity index (χ1n) is 11.0. The van der Waals surface area contributed by atoms with Crippen LogP contribution in [0.2, 0.25) is 0 Å². The van der Waals surface area contributed by atoms with Crippen molar-refractivity contribution in [2.45, 2.75) is 44.8 Å². The van der Waals surface area contributed by atoms with Gasteiger partial charge in [0.05, 0.1) is 23.7 Å². The Morgan fingerprint density at radius 2 is 2.06 bits per heavy atom. The Morgan fingerprint density at radius 1 is 1.18 bits per heavy atom. The molecule has 2 N–H and O–H groups in total. The van der Waals surface area contributed by atoms with Gasteiger partial charge in [-0.25, -0.2) is 15.0 Å². The van der Waals surface area contributed by atoms with E-state index in [2.05, 4.69) is 30.9 Å². The molecule has 1 saturated carbocycles.